The van der Waals surface area contributed by atoms with E-state index in [4.69, 9.17) is 18.6 Å². The highest BCUT2D eigenvalue weighted by molar-refractivity contribution is 6.88. The molecule has 0 unspecified atom stereocenters. The summed E-state index contributed by atoms with van der Waals surface area (Å²) in [5.74, 6) is 2.17. The quantitative estimate of drug-likeness (QED) is 0.371. The molecule has 10 nitrogen and oxygen atoms in total. The van der Waals surface area contributed by atoms with E-state index >= 15 is 0 Å². The molecule has 0 atom stereocenters. The van der Waals surface area contributed by atoms with E-state index in [0.717, 1.165) is 25.9 Å². The van der Waals surface area contributed by atoms with E-state index in [9.17, 15) is 4.79 Å². The van der Waals surface area contributed by atoms with Crippen LogP contribution < -0.4 is 29.6 Å². The SMILES string of the molecule is COc1nc(N2CCC(N(C)C)CC2)nc(OC)c1NC(=O)Cc1ccc(Oc2cccc([Si](C)(C)C)c2)o1. The average Bonchev–Trinajstić information content (AvgIpc) is 3.34. The Bertz CT molecular complexity index is 1260. The van der Waals surface area contributed by atoms with Gasteiger partial charge in [-0.3, -0.25) is 4.79 Å². The second-order valence-corrected chi connectivity index (χ2v) is 16.0. The number of hydrogen-bond donors (Lipinski definition) is 1. The van der Waals surface area contributed by atoms with Crippen LogP contribution in [0, 0.1) is 0 Å². The van der Waals surface area contributed by atoms with Gasteiger partial charge in [-0.05, 0) is 45.1 Å². The molecule has 39 heavy (non-hydrogen) atoms. The average molecular weight is 554 g/mol. The van der Waals surface area contributed by atoms with Gasteiger partial charge in [0.15, 0.2) is 5.69 Å². The minimum atomic E-state index is -1.47. The van der Waals surface area contributed by atoms with Crippen molar-refractivity contribution in [3.8, 4) is 23.5 Å². The fraction of sp³-hybridized carbons (Fsp3) is 0.464. The maximum absolute atomic E-state index is 12.9. The van der Waals surface area contributed by atoms with Gasteiger partial charge in [-0.1, -0.05) is 37.0 Å². The van der Waals surface area contributed by atoms with Gasteiger partial charge < -0.3 is 33.7 Å². The van der Waals surface area contributed by atoms with Crippen molar-refractivity contribution in [2.75, 3.05) is 51.6 Å². The van der Waals surface area contributed by atoms with Gasteiger partial charge in [0.25, 0.3) is 5.95 Å². The van der Waals surface area contributed by atoms with Crippen molar-refractivity contribution in [3.05, 3.63) is 42.2 Å². The van der Waals surface area contributed by atoms with Gasteiger partial charge in [0.05, 0.1) is 28.7 Å². The molecule has 2 aromatic heterocycles. The third kappa shape index (κ3) is 7.10. The first-order valence-corrected chi connectivity index (χ1v) is 16.7. The van der Waals surface area contributed by atoms with Gasteiger partial charge in [0, 0.05) is 25.2 Å². The van der Waals surface area contributed by atoms with Crippen molar-refractivity contribution < 1.29 is 23.4 Å². The Hall–Kier alpha value is -3.57. The summed E-state index contributed by atoms with van der Waals surface area (Å²) in [5, 5.41) is 4.12. The van der Waals surface area contributed by atoms with Crippen LogP contribution in [-0.2, 0) is 11.2 Å². The first-order valence-electron chi connectivity index (χ1n) is 13.2. The van der Waals surface area contributed by atoms with Crippen LogP contribution >= 0.6 is 0 Å². The zero-order valence-corrected chi connectivity index (χ0v) is 24.9. The number of carbonyl (C=O) groups excluding carboxylic acids is 1. The third-order valence-corrected chi connectivity index (χ3v) is 8.89. The maximum Gasteiger partial charge on any atom is 0.290 e. The molecule has 1 aromatic carbocycles. The number of furan rings is 1. The molecule has 1 aliphatic rings. The standard InChI is InChI=1S/C28H39N5O5Si/c1-32(2)19-13-15-33(16-14-19)28-30-26(35-3)25(27(31-28)36-4)29-23(34)18-21-11-12-24(38-21)37-20-9-8-10-22(17-20)39(5,6)7/h8-12,17,19H,13-16,18H2,1-7H3,(H,29,34). The van der Waals surface area contributed by atoms with E-state index in [1.54, 1.807) is 12.1 Å². The summed E-state index contributed by atoms with van der Waals surface area (Å²) in [6.45, 7) is 8.50. The second kappa shape index (κ2) is 12.1. The van der Waals surface area contributed by atoms with Gasteiger partial charge >= 0.3 is 0 Å². The number of anilines is 2. The number of methoxy groups -OCH3 is 2. The smallest absolute Gasteiger partial charge is 0.290 e. The number of ether oxygens (including phenoxy) is 3. The topological polar surface area (TPSA) is 102 Å². The van der Waals surface area contributed by atoms with Crippen LogP contribution in [0.1, 0.15) is 18.6 Å². The van der Waals surface area contributed by atoms with Crippen LogP contribution in [-0.4, -0.2) is 76.3 Å². The van der Waals surface area contributed by atoms with Gasteiger partial charge in [-0.15, -0.1) is 0 Å². The molecule has 1 fully saturated rings. The normalized spacial score (nSPS) is 14.4. The van der Waals surface area contributed by atoms with Gasteiger partial charge in [-0.25, -0.2) is 0 Å². The lowest BCUT2D eigenvalue weighted by Gasteiger charge is -2.35. The van der Waals surface area contributed by atoms with E-state index in [1.165, 1.54) is 19.4 Å². The molecule has 11 heteroatoms. The Balaban J connectivity index is 1.42. The molecule has 210 valence electrons. The molecule has 0 saturated carbocycles. The van der Waals surface area contributed by atoms with Gasteiger partial charge in [0.1, 0.15) is 11.5 Å². The Kier molecular flexibility index (Phi) is 8.81. The Morgan fingerprint density at radius 2 is 1.74 bits per heavy atom. The fourth-order valence-corrected chi connectivity index (χ4v) is 5.70. The second-order valence-electron chi connectivity index (χ2n) is 10.9. The predicted octanol–water partition coefficient (Wildman–Crippen LogP) is 4.14. The highest BCUT2D eigenvalue weighted by Gasteiger charge is 2.26. The maximum atomic E-state index is 12.9. The minimum absolute atomic E-state index is 0.00951. The molecule has 0 spiro atoms. The summed E-state index contributed by atoms with van der Waals surface area (Å²) in [6.07, 6.45) is 2.01. The lowest BCUT2D eigenvalue weighted by atomic mass is 10.0. The van der Waals surface area contributed by atoms with E-state index in [1.807, 2.05) is 18.2 Å². The van der Waals surface area contributed by atoms with Crippen LogP contribution in [0.3, 0.4) is 0 Å². The van der Waals surface area contributed by atoms with Crippen LogP contribution in [0.5, 0.6) is 23.5 Å². The van der Waals surface area contributed by atoms with E-state index in [-0.39, 0.29) is 29.8 Å². The summed E-state index contributed by atoms with van der Waals surface area (Å²) in [5.41, 5.74) is 0.281. The molecule has 0 bridgehead atoms. The monoisotopic (exact) mass is 553 g/mol. The highest BCUT2D eigenvalue weighted by Crippen LogP contribution is 2.34. The molecule has 0 aliphatic carbocycles. The largest absolute Gasteiger partial charge is 0.479 e. The number of rotatable bonds is 10. The third-order valence-electron chi connectivity index (χ3n) is 6.85. The Labute approximate surface area is 231 Å². The van der Waals surface area contributed by atoms with Gasteiger partial charge in [0.2, 0.25) is 23.6 Å². The molecular formula is C28H39N5O5Si. The van der Waals surface area contributed by atoms with Crippen LogP contribution in [0.15, 0.2) is 40.8 Å². The number of nitrogens with zero attached hydrogens (tertiary/aromatic N) is 4. The van der Waals surface area contributed by atoms with E-state index in [0.29, 0.717) is 29.4 Å². The number of piperidine rings is 1. The zero-order chi connectivity index (χ0) is 28.2. The zero-order valence-electron chi connectivity index (χ0n) is 23.9. The first-order chi connectivity index (χ1) is 18.6. The van der Waals surface area contributed by atoms with Crippen LogP contribution in [0.2, 0.25) is 19.6 Å². The number of hydrogen-bond acceptors (Lipinski definition) is 9. The van der Waals surface area contributed by atoms with Crippen molar-refractivity contribution in [2.24, 2.45) is 0 Å². The molecule has 1 amide bonds. The molecule has 1 aliphatic heterocycles. The molecule has 3 aromatic rings. The first kappa shape index (κ1) is 28.4. The number of aromatic nitrogens is 2. The lowest BCUT2D eigenvalue weighted by molar-refractivity contribution is -0.115. The molecule has 1 N–H and O–H groups in total. The summed E-state index contributed by atoms with van der Waals surface area (Å²) in [7, 11) is 5.75. The van der Waals surface area contributed by atoms with Crippen molar-refractivity contribution >= 4 is 30.8 Å². The molecule has 1 saturated heterocycles. The van der Waals surface area contributed by atoms with Crippen molar-refractivity contribution in [2.45, 2.75) is 44.9 Å². The number of benzene rings is 1. The summed E-state index contributed by atoms with van der Waals surface area (Å²) < 4.78 is 22.7. The number of nitrogens with one attached hydrogen (secondary N) is 1. The number of amides is 1. The summed E-state index contributed by atoms with van der Waals surface area (Å²) in [6, 6.07) is 12.0. The molecule has 0 radical (unpaired) electrons. The van der Waals surface area contributed by atoms with Crippen molar-refractivity contribution in [1.82, 2.24) is 14.9 Å². The Morgan fingerprint density at radius 3 is 2.33 bits per heavy atom. The lowest BCUT2D eigenvalue weighted by Crippen LogP contribution is -2.42. The van der Waals surface area contributed by atoms with Crippen LogP contribution in [0.4, 0.5) is 11.6 Å². The van der Waals surface area contributed by atoms with E-state index in [2.05, 4.69) is 64.9 Å². The fourth-order valence-electron chi connectivity index (χ4n) is 4.53. The molecule has 3 heterocycles. The van der Waals surface area contributed by atoms with E-state index < -0.39 is 8.07 Å². The summed E-state index contributed by atoms with van der Waals surface area (Å²) in [4.78, 5) is 26.4. The Morgan fingerprint density at radius 1 is 1.08 bits per heavy atom. The van der Waals surface area contributed by atoms with Crippen molar-refractivity contribution in [1.29, 1.82) is 0 Å². The summed E-state index contributed by atoms with van der Waals surface area (Å²) >= 11 is 0. The molecular weight excluding hydrogens is 514 g/mol. The predicted molar refractivity (Wildman–Crippen MR) is 155 cm³/mol. The van der Waals surface area contributed by atoms with Crippen molar-refractivity contribution in [3.63, 3.8) is 0 Å². The number of carbonyl (C=O) groups is 1. The highest BCUT2D eigenvalue weighted by atomic mass is 28.3. The van der Waals surface area contributed by atoms with Gasteiger partial charge in [-0.2, -0.15) is 9.97 Å². The minimum Gasteiger partial charge on any atom is -0.479 e. The molecule has 4 rings (SSSR count). The van der Waals surface area contributed by atoms with Crippen LogP contribution in [0.25, 0.3) is 0 Å².